The Labute approximate surface area is 140 Å². The van der Waals surface area contributed by atoms with Crippen LogP contribution in [0.4, 0.5) is 8.78 Å². The molecular formula is C18H21F2NO3. The van der Waals surface area contributed by atoms with Gasteiger partial charge in [0.25, 0.3) is 0 Å². The van der Waals surface area contributed by atoms with E-state index in [0.29, 0.717) is 29.4 Å². The van der Waals surface area contributed by atoms with Crippen molar-refractivity contribution in [3.63, 3.8) is 0 Å². The molecule has 0 aliphatic heterocycles. The smallest absolute Gasteiger partial charge is 0.130 e. The minimum atomic E-state index is -0.595. The van der Waals surface area contributed by atoms with Gasteiger partial charge in [-0.3, -0.25) is 0 Å². The molecule has 1 atom stereocenters. The summed E-state index contributed by atoms with van der Waals surface area (Å²) in [5.41, 5.74) is 1.18. The van der Waals surface area contributed by atoms with Gasteiger partial charge in [0.15, 0.2) is 0 Å². The normalized spacial score (nSPS) is 11.9. The molecule has 0 aliphatic rings. The summed E-state index contributed by atoms with van der Waals surface area (Å²) in [6.07, 6.45) is 0. The van der Waals surface area contributed by atoms with Gasteiger partial charge < -0.3 is 19.5 Å². The first-order chi connectivity index (χ1) is 11.5. The van der Waals surface area contributed by atoms with E-state index in [1.54, 1.807) is 40.4 Å². The molecular weight excluding hydrogens is 316 g/mol. The van der Waals surface area contributed by atoms with Crippen molar-refractivity contribution >= 4 is 0 Å². The van der Waals surface area contributed by atoms with E-state index in [0.717, 1.165) is 11.6 Å². The van der Waals surface area contributed by atoms with E-state index in [1.165, 1.54) is 12.1 Å². The van der Waals surface area contributed by atoms with Crippen LogP contribution >= 0.6 is 0 Å². The molecule has 0 heterocycles. The van der Waals surface area contributed by atoms with Gasteiger partial charge in [0.05, 0.1) is 26.9 Å². The summed E-state index contributed by atoms with van der Waals surface area (Å²) in [5.74, 6) is 0.645. The fourth-order valence-corrected chi connectivity index (χ4v) is 2.47. The number of ether oxygens (including phenoxy) is 3. The number of benzene rings is 2. The fourth-order valence-electron chi connectivity index (χ4n) is 2.47. The molecule has 4 nitrogen and oxygen atoms in total. The minimum Gasteiger partial charge on any atom is -0.496 e. The second-order valence-electron chi connectivity index (χ2n) is 5.28. The predicted octanol–water partition coefficient (Wildman–Crippen LogP) is 3.84. The Kier molecular flexibility index (Phi) is 5.98. The highest BCUT2D eigenvalue weighted by atomic mass is 19.1. The van der Waals surface area contributed by atoms with Crippen molar-refractivity contribution in [2.45, 2.75) is 19.5 Å². The fraction of sp³-hybridized carbons (Fsp3) is 0.333. The van der Waals surface area contributed by atoms with Crippen molar-refractivity contribution in [1.82, 2.24) is 5.32 Å². The monoisotopic (exact) mass is 337 g/mol. The molecule has 0 fully saturated rings. The molecule has 2 aromatic carbocycles. The highest BCUT2D eigenvalue weighted by Gasteiger charge is 2.16. The summed E-state index contributed by atoms with van der Waals surface area (Å²) in [7, 11) is 4.67. The van der Waals surface area contributed by atoms with E-state index >= 15 is 0 Å². The van der Waals surface area contributed by atoms with Gasteiger partial charge in [-0.2, -0.15) is 0 Å². The average Bonchev–Trinajstić information content (AvgIpc) is 2.58. The van der Waals surface area contributed by atoms with Crippen LogP contribution in [0.5, 0.6) is 17.2 Å². The Hall–Kier alpha value is -2.34. The van der Waals surface area contributed by atoms with Gasteiger partial charge in [0.2, 0.25) is 0 Å². The third kappa shape index (κ3) is 3.94. The molecule has 1 unspecified atom stereocenters. The molecule has 0 aliphatic carbocycles. The van der Waals surface area contributed by atoms with E-state index in [2.05, 4.69) is 5.32 Å². The molecule has 0 saturated carbocycles. The maximum Gasteiger partial charge on any atom is 0.130 e. The highest BCUT2D eigenvalue weighted by Crippen LogP contribution is 2.34. The number of hydrogen-bond donors (Lipinski definition) is 1. The van der Waals surface area contributed by atoms with Crippen LogP contribution in [0.3, 0.4) is 0 Å². The molecule has 0 radical (unpaired) electrons. The van der Waals surface area contributed by atoms with Gasteiger partial charge >= 0.3 is 0 Å². The molecule has 0 amide bonds. The SMILES string of the molecule is COc1cc(OC)c(CNC(C)c2ccc(F)cc2F)c(OC)c1. The lowest BCUT2D eigenvalue weighted by molar-refractivity contribution is 0.365. The highest BCUT2D eigenvalue weighted by molar-refractivity contribution is 5.50. The zero-order valence-electron chi connectivity index (χ0n) is 14.2. The Morgan fingerprint density at radius 1 is 0.958 bits per heavy atom. The van der Waals surface area contributed by atoms with Crippen molar-refractivity contribution in [3.05, 3.63) is 53.1 Å². The number of rotatable bonds is 7. The standard InChI is InChI=1S/C18H21F2NO3/c1-11(14-6-5-12(19)7-16(14)20)21-10-15-17(23-3)8-13(22-2)9-18(15)24-4/h5-9,11,21H,10H2,1-4H3. The van der Waals surface area contributed by atoms with E-state index in [9.17, 15) is 8.78 Å². The number of halogens is 2. The van der Waals surface area contributed by atoms with Crippen LogP contribution in [0.15, 0.2) is 30.3 Å². The summed E-state index contributed by atoms with van der Waals surface area (Å²) < 4.78 is 42.9. The van der Waals surface area contributed by atoms with Crippen molar-refractivity contribution < 1.29 is 23.0 Å². The average molecular weight is 337 g/mol. The quantitative estimate of drug-likeness (QED) is 0.833. The first-order valence-corrected chi connectivity index (χ1v) is 7.47. The van der Waals surface area contributed by atoms with Gasteiger partial charge in [-0.15, -0.1) is 0 Å². The summed E-state index contributed by atoms with van der Waals surface area (Å²) in [6.45, 7) is 2.19. The summed E-state index contributed by atoms with van der Waals surface area (Å²) >= 11 is 0. The maximum atomic E-state index is 13.9. The number of methoxy groups -OCH3 is 3. The Morgan fingerprint density at radius 3 is 2.08 bits per heavy atom. The molecule has 24 heavy (non-hydrogen) atoms. The molecule has 0 aromatic heterocycles. The van der Waals surface area contributed by atoms with Crippen LogP contribution in [0.25, 0.3) is 0 Å². The van der Waals surface area contributed by atoms with Gasteiger partial charge in [-0.05, 0) is 13.0 Å². The van der Waals surface area contributed by atoms with Gasteiger partial charge in [0, 0.05) is 36.3 Å². The van der Waals surface area contributed by atoms with Crippen LogP contribution in [0.2, 0.25) is 0 Å². The van der Waals surface area contributed by atoms with Crippen molar-refractivity contribution in [2.75, 3.05) is 21.3 Å². The topological polar surface area (TPSA) is 39.7 Å². The van der Waals surface area contributed by atoms with E-state index in [4.69, 9.17) is 14.2 Å². The first kappa shape index (κ1) is 18.0. The maximum absolute atomic E-state index is 13.9. The molecule has 130 valence electrons. The second kappa shape index (κ2) is 7.97. The van der Waals surface area contributed by atoms with Gasteiger partial charge in [-0.1, -0.05) is 6.07 Å². The van der Waals surface area contributed by atoms with Gasteiger partial charge in [-0.25, -0.2) is 8.78 Å². The van der Waals surface area contributed by atoms with Crippen LogP contribution in [-0.4, -0.2) is 21.3 Å². The molecule has 0 spiro atoms. The van der Waals surface area contributed by atoms with Gasteiger partial charge in [0.1, 0.15) is 28.9 Å². The zero-order chi connectivity index (χ0) is 17.7. The van der Waals surface area contributed by atoms with Crippen molar-refractivity contribution in [1.29, 1.82) is 0 Å². The van der Waals surface area contributed by atoms with E-state index in [-0.39, 0.29) is 6.04 Å². The third-order valence-corrected chi connectivity index (χ3v) is 3.83. The Morgan fingerprint density at radius 2 is 1.58 bits per heavy atom. The van der Waals surface area contributed by atoms with Crippen molar-refractivity contribution in [3.8, 4) is 17.2 Å². The summed E-state index contributed by atoms with van der Waals surface area (Å²) in [4.78, 5) is 0. The molecule has 0 bridgehead atoms. The number of hydrogen-bond acceptors (Lipinski definition) is 4. The van der Waals surface area contributed by atoms with Crippen LogP contribution < -0.4 is 19.5 Å². The van der Waals surface area contributed by atoms with E-state index < -0.39 is 11.6 Å². The van der Waals surface area contributed by atoms with Crippen LogP contribution in [-0.2, 0) is 6.54 Å². The molecule has 2 rings (SSSR count). The van der Waals surface area contributed by atoms with Crippen LogP contribution in [0.1, 0.15) is 24.1 Å². The molecule has 1 N–H and O–H groups in total. The lowest BCUT2D eigenvalue weighted by atomic mass is 10.1. The second-order valence-corrected chi connectivity index (χ2v) is 5.28. The van der Waals surface area contributed by atoms with Crippen LogP contribution in [0, 0.1) is 11.6 Å². The lowest BCUT2D eigenvalue weighted by Gasteiger charge is -2.19. The Bertz CT molecular complexity index is 682. The summed E-state index contributed by atoms with van der Waals surface area (Å²) in [6, 6.07) is 6.74. The van der Waals surface area contributed by atoms with E-state index in [1.807, 2.05) is 0 Å². The zero-order valence-corrected chi connectivity index (χ0v) is 14.2. The first-order valence-electron chi connectivity index (χ1n) is 7.47. The molecule has 2 aromatic rings. The summed E-state index contributed by atoms with van der Waals surface area (Å²) in [5, 5.41) is 3.20. The molecule has 6 heteroatoms. The van der Waals surface area contributed by atoms with Crippen molar-refractivity contribution in [2.24, 2.45) is 0 Å². The third-order valence-electron chi connectivity index (χ3n) is 3.83. The largest absolute Gasteiger partial charge is 0.496 e. The Balaban J connectivity index is 2.21. The minimum absolute atomic E-state index is 0.317. The predicted molar refractivity (Wildman–Crippen MR) is 87.7 cm³/mol. The number of nitrogens with one attached hydrogen (secondary N) is 1. The molecule has 0 saturated heterocycles. The lowest BCUT2D eigenvalue weighted by Crippen LogP contribution is -2.20.